The molecule has 1 aliphatic rings. The van der Waals surface area contributed by atoms with Gasteiger partial charge in [-0.25, -0.2) is 0 Å². The molecule has 0 aliphatic carbocycles. The van der Waals surface area contributed by atoms with Gasteiger partial charge in [0.15, 0.2) is 12.0 Å². The van der Waals surface area contributed by atoms with Crippen molar-refractivity contribution in [1.82, 2.24) is 5.32 Å². The quantitative estimate of drug-likeness (QED) is 0.603. The van der Waals surface area contributed by atoms with E-state index in [1.807, 2.05) is 0 Å². The van der Waals surface area contributed by atoms with E-state index in [0.717, 1.165) is 0 Å². The van der Waals surface area contributed by atoms with Crippen molar-refractivity contribution >= 4 is 11.8 Å². The molecule has 1 saturated heterocycles. The maximum Gasteiger partial charge on any atom is 0.312 e. The third kappa shape index (κ3) is 2.81. The average molecular weight is 185 g/mol. The molecule has 13 heavy (non-hydrogen) atoms. The van der Waals surface area contributed by atoms with Crippen molar-refractivity contribution in [3.8, 4) is 0 Å². The van der Waals surface area contributed by atoms with Gasteiger partial charge in [-0.05, 0) is 20.8 Å². The smallest absolute Gasteiger partial charge is 0.312 e. The maximum atomic E-state index is 11.4. The highest BCUT2D eigenvalue weighted by molar-refractivity contribution is 5.83. The van der Waals surface area contributed by atoms with Crippen LogP contribution in [0.25, 0.3) is 0 Å². The van der Waals surface area contributed by atoms with Crippen molar-refractivity contribution in [2.24, 2.45) is 5.41 Å². The fraction of sp³-hybridized carbons (Fsp3) is 0.778. The summed E-state index contributed by atoms with van der Waals surface area (Å²) >= 11 is 0. The lowest BCUT2D eigenvalue weighted by Gasteiger charge is -2.19. The van der Waals surface area contributed by atoms with E-state index in [-0.39, 0.29) is 11.8 Å². The fourth-order valence-corrected chi connectivity index (χ4v) is 0.968. The van der Waals surface area contributed by atoms with E-state index < -0.39 is 11.6 Å². The second-order valence-corrected chi connectivity index (χ2v) is 4.27. The molecular weight excluding hydrogens is 170 g/mol. The van der Waals surface area contributed by atoms with Gasteiger partial charge in [0.2, 0.25) is 0 Å². The Morgan fingerprint density at radius 1 is 1.54 bits per heavy atom. The van der Waals surface area contributed by atoms with Gasteiger partial charge in [0, 0.05) is 0 Å². The minimum atomic E-state index is -0.507. The molecule has 1 aliphatic heterocycles. The molecule has 0 bridgehead atoms. The fourth-order valence-electron chi connectivity index (χ4n) is 0.968. The summed E-state index contributed by atoms with van der Waals surface area (Å²) in [6.07, 6.45) is -0.124. The maximum absolute atomic E-state index is 11.4. The van der Waals surface area contributed by atoms with Crippen LogP contribution in [0.2, 0.25) is 0 Å². The minimum absolute atomic E-state index is 0.0895. The highest BCUT2D eigenvalue weighted by Gasteiger charge is 2.30. The lowest BCUT2D eigenvalue weighted by Crippen LogP contribution is -2.33. The Morgan fingerprint density at radius 2 is 2.15 bits per heavy atom. The van der Waals surface area contributed by atoms with Crippen molar-refractivity contribution < 1.29 is 14.3 Å². The number of hydrogen-bond acceptors (Lipinski definition) is 4. The Morgan fingerprint density at radius 3 is 2.54 bits per heavy atom. The topological polar surface area (TPSA) is 55.4 Å². The van der Waals surface area contributed by atoms with Gasteiger partial charge in [0.25, 0.3) is 0 Å². The van der Waals surface area contributed by atoms with E-state index in [2.05, 4.69) is 5.32 Å². The van der Waals surface area contributed by atoms with Gasteiger partial charge in [0.05, 0.1) is 18.4 Å². The van der Waals surface area contributed by atoms with Gasteiger partial charge >= 0.3 is 5.97 Å². The van der Waals surface area contributed by atoms with Crippen LogP contribution >= 0.6 is 0 Å². The predicted molar refractivity (Wildman–Crippen MR) is 47.0 cm³/mol. The second kappa shape index (κ2) is 3.46. The van der Waals surface area contributed by atoms with E-state index in [0.29, 0.717) is 13.0 Å². The largest absolute Gasteiger partial charge is 0.446 e. The molecule has 0 aromatic rings. The van der Waals surface area contributed by atoms with Crippen LogP contribution in [0.15, 0.2) is 0 Å². The molecule has 1 N–H and O–H groups in total. The highest BCUT2D eigenvalue weighted by atomic mass is 16.6. The van der Waals surface area contributed by atoms with Crippen LogP contribution in [-0.4, -0.2) is 24.5 Å². The van der Waals surface area contributed by atoms with Crippen LogP contribution in [0.4, 0.5) is 0 Å². The Labute approximate surface area is 77.6 Å². The van der Waals surface area contributed by atoms with Crippen molar-refractivity contribution in [2.45, 2.75) is 33.4 Å². The summed E-state index contributed by atoms with van der Waals surface area (Å²) in [4.78, 5) is 22.2. The zero-order chi connectivity index (χ0) is 10.1. The Balaban J connectivity index is 2.42. The van der Waals surface area contributed by atoms with Crippen LogP contribution in [-0.2, 0) is 14.3 Å². The molecule has 1 fully saturated rings. The first-order valence-electron chi connectivity index (χ1n) is 4.36. The molecule has 0 aromatic carbocycles. The molecule has 1 unspecified atom stereocenters. The van der Waals surface area contributed by atoms with Crippen LogP contribution < -0.4 is 5.32 Å². The summed E-state index contributed by atoms with van der Waals surface area (Å²) in [5, 5.41) is 2.82. The number of esters is 1. The first-order chi connectivity index (χ1) is 5.89. The zero-order valence-electron chi connectivity index (χ0n) is 8.22. The Kier molecular flexibility index (Phi) is 2.71. The standard InChI is InChI=1S/C9H15NO3/c1-9(2,3)8(12)13-7-4-6(11)5-10-7/h7,10H,4-5H2,1-3H3. The van der Waals surface area contributed by atoms with E-state index in [9.17, 15) is 9.59 Å². The van der Waals surface area contributed by atoms with Gasteiger partial charge in [-0.3, -0.25) is 14.9 Å². The molecule has 1 atom stereocenters. The van der Waals surface area contributed by atoms with Crippen LogP contribution in [0.3, 0.4) is 0 Å². The first-order valence-corrected chi connectivity index (χ1v) is 4.36. The summed E-state index contributed by atoms with van der Waals surface area (Å²) in [6, 6.07) is 0. The minimum Gasteiger partial charge on any atom is -0.446 e. The lowest BCUT2D eigenvalue weighted by atomic mass is 9.97. The second-order valence-electron chi connectivity index (χ2n) is 4.27. The van der Waals surface area contributed by atoms with Gasteiger partial charge in [-0.2, -0.15) is 0 Å². The molecule has 74 valence electrons. The molecule has 4 nitrogen and oxygen atoms in total. The number of carbonyl (C=O) groups excluding carboxylic acids is 2. The van der Waals surface area contributed by atoms with Crippen LogP contribution in [0.1, 0.15) is 27.2 Å². The van der Waals surface area contributed by atoms with Crippen LogP contribution in [0, 0.1) is 5.41 Å². The van der Waals surface area contributed by atoms with E-state index in [4.69, 9.17) is 4.74 Å². The zero-order valence-corrected chi connectivity index (χ0v) is 8.22. The molecule has 0 saturated carbocycles. The number of ketones is 1. The highest BCUT2D eigenvalue weighted by Crippen LogP contribution is 2.17. The average Bonchev–Trinajstić information content (AvgIpc) is 2.33. The SMILES string of the molecule is CC(C)(C)C(=O)OC1CC(=O)CN1. The summed E-state index contributed by atoms with van der Waals surface area (Å²) in [6.45, 7) is 5.66. The molecule has 1 rings (SSSR count). The summed E-state index contributed by atoms with van der Waals surface area (Å²) in [7, 11) is 0. The van der Waals surface area contributed by atoms with E-state index >= 15 is 0 Å². The molecule has 1 heterocycles. The van der Waals surface area contributed by atoms with Crippen molar-refractivity contribution in [3.63, 3.8) is 0 Å². The Hall–Kier alpha value is -0.900. The van der Waals surface area contributed by atoms with Crippen molar-refractivity contribution in [2.75, 3.05) is 6.54 Å². The third-order valence-electron chi connectivity index (χ3n) is 1.80. The van der Waals surface area contributed by atoms with E-state index in [1.54, 1.807) is 20.8 Å². The molecular formula is C9H15NO3. The number of nitrogens with one attached hydrogen (secondary N) is 1. The number of carbonyl (C=O) groups is 2. The normalized spacial score (nSPS) is 23.3. The summed E-state index contributed by atoms with van der Waals surface area (Å²) in [5.41, 5.74) is -0.507. The Bertz CT molecular complexity index is 230. The number of Topliss-reactive ketones (excluding diaryl/α,β-unsaturated/α-hetero) is 1. The number of ether oxygens (including phenoxy) is 1. The van der Waals surface area contributed by atoms with E-state index in [1.165, 1.54) is 0 Å². The predicted octanol–water partition coefficient (Wildman–Crippen LogP) is 0.464. The number of rotatable bonds is 1. The first kappa shape index (κ1) is 10.2. The summed E-state index contributed by atoms with van der Waals surface area (Å²) in [5.74, 6) is -0.189. The van der Waals surface area contributed by atoms with Crippen molar-refractivity contribution in [3.05, 3.63) is 0 Å². The molecule has 0 spiro atoms. The number of hydrogen-bond donors (Lipinski definition) is 1. The molecule has 0 amide bonds. The molecule has 0 aromatic heterocycles. The molecule has 0 radical (unpaired) electrons. The van der Waals surface area contributed by atoms with Gasteiger partial charge in [-0.1, -0.05) is 0 Å². The lowest BCUT2D eigenvalue weighted by molar-refractivity contribution is -0.159. The van der Waals surface area contributed by atoms with Gasteiger partial charge in [0.1, 0.15) is 0 Å². The van der Waals surface area contributed by atoms with Gasteiger partial charge in [-0.15, -0.1) is 0 Å². The van der Waals surface area contributed by atoms with Gasteiger partial charge < -0.3 is 4.74 Å². The van der Waals surface area contributed by atoms with Crippen LogP contribution in [0.5, 0.6) is 0 Å². The third-order valence-corrected chi connectivity index (χ3v) is 1.80. The van der Waals surface area contributed by atoms with Crippen molar-refractivity contribution in [1.29, 1.82) is 0 Å². The molecule has 4 heteroatoms. The monoisotopic (exact) mass is 185 g/mol. The summed E-state index contributed by atoms with van der Waals surface area (Å²) < 4.78 is 5.08.